The van der Waals surface area contributed by atoms with Crippen molar-refractivity contribution in [3.63, 3.8) is 0 Å². The van der Waals surface area contributed by atoms with E-state index in [2.05, 4.69) is 31.4 Å². The van der Waals surface area contributed by atoms with Gasteiger partial charge < -0.3 is 10.6 Å². The van der Waals surface area contributed by atoms with E-state index >= 15 is 0 Å². The van der Waals surface area contributed by atoms with E-state index in [-0.39, 0.29) is 29.0 Å². The zero-order valence-corrected chi connectivity index (χ0v) is 12.7. The summed E-state index contributed by atoms with van der Waals surface area (Å²) < 4.78 is 39.7. The Bertz CT molecular complexity index is 619. The second-order valence-electron chi connectivity index (χ2n) is 7.13. The van der Waals surface area contributed by atoms with Crippen molar-refractivity contribution in [2.45, 2.75) is 44.9 Å². The first-order valence-corrected chi connectivity index (χ1v) is 7.35. The average molecular weight is 312 g/mol. The minimum Gasteiger partial charge on any atom is -0.347 e. The van der Waals surface area contributed by atoms with Gasteiger partial charge in [0.2, 0.25) is 0 Å². The highest BCUT2D eigenvalue weighted by Crippen LogP contribution is 2.44. The molecule has 1 amide bonds. The molecule has 6 heteroatoms. The van der Waals surface area contributed by atoms with E-state index in [1.807, 2.05) is 0 Å². The first-order chi connectivity index (χ1) is 10.1. The van der Waals surface area contributed by atoms with Crippen molar-refractivity contribution in [3.05, 3.63) is 34.9 Å². The summed E-state index contributed by atoms with van der Waals surface area (Å²) in [5.41, 5.74) is -0.671. The van der Waals surface area contributed by atoms with Gasteiger partial charge in [-0.25, -0.2) is 0 Å². The molecule has 3 atom stereocenters. The lowest BCUT2D eigenvalue weighted by atomic mass is 9.72. The van der Waals surface area contributed by atoms with Crippen LogP contribution in [0.15, 0.2) is 18.2 Å². The van der Waals surface area contributed by atoms with Gasteiger partial charge in [-0.1, -0.05) is 32.9 Å². The van der Waals surface area contributed by atoms with E-state index < -0.39 is 17.6 Å². The number of nitrogens with one attached hydrogen (secondary N) is 2. The average Bonchev–Trinajstić information content (AvgIpc) is 2.81. The Morgan fingerprint density at radius 2 is 1.86 bits per heavy atom. The lowest BCUT2D eigenvalue weighted by molar-refractivity contribution is -0.138. The number of alkyl halides is 3. The van der Waals surface area contributed by atoms with Crippen LogP contribution < -0.4 is 10.6 Å². The molecule has 1 aromatic carbocycles. The van der Waals surface area contributed by atoms with Crippen molar-refractivity contribution < 1.29 is 18.0 Å². The van der Waals surface area contributed by atoms with Gasteiger partial charge in [0.1, 0.15) is 0 Å². The van der Waals surface area contributed by atoms with Crippen LogP contribution in [0.3, 0.4) is 0 Å². The smallest absolute Gasteiger partial charge is 0.347 e. The lowest BCUT2D eigenvalue weighted by Gasteiger charge is -2.38. The Kier molecular flexibility index (Phi) is 3.29. The Morgan fingerprint density at radius 3 is 2.45 bits per heavy atom. The minimum atomic E-state index is -4.53. The molecule has 120 valence electrons. The van der Waals surface area contributed by atoms with Gasteiger partial charge in [-0.15, -0.1) is 0 Å². The second kappa shape index (κ2) is 4.72. The molecular weight excluding hydrogens is 293 g/mol. The largest absolute Gasteiger partial charge is 0.417 e. The van der Waals surface area contributed by atoms with Crippen LogP contribution in [0.1, 0.15) is 48.2 Å². The van der Waals surface area contributed by atoms with Crippen LogP contribution in [-0.2, 0) is 6.18 Å². The fourth-order valence-electron chi connectivity index (χ4n) is 3.70. The summed E-state index contributed by atoms with van der Waals surface area (Å²) in [6.45, 7) is 6.73. The third-order valence-corrected chi connectivity index (χ3v) is 4.59. The van der Waals surface area contributed by atoms with Crippen LogP contribution in [0.2, 0.25) is 0 Å². The SMILES string of the molecule is CC(C)(C)C1NCC2NC(=O)c3c(cccc3C(F)(F)F)C21. The van der Waals surface area contributed by atoms with E-state index in [1.54, 1.807) is 6.07 Å². The van der Waals surface area contributed by atoms with Gasteiger partial charge in [0.05, 0.1) is 11.1 Å². The molecule has 0 saturated carbocycles. The topological polar surface area (TPSA) is 41.1 Å². The van der Waals surface area contributed by atoms with Crippen LogP contribution in [-0.4, -0.2) is 24.5 Å². The number of hydrogen-bond acceptors (Lipinski definition) is 2. The van der Waals surface area contributed by atoms with Gasteiger partial charge >= 0.3 is 6.18 Å². The van der Waals surface area contributed by atoms with Crippen LogP contribution in [0.4, 0.5) is 13.2 Å². The minimum absolute atomic E-state index is 0.0142. The monoisotopic (exact) mass is 312 g/mol. The summed E-state index contributed by atoms with van der Waals surface area (Å²) in [4.78, 5) is 12.2. The Labute approximate surface area is 127 Å². The molecule has 22 heavy (non-hydrogen) atoms. The molecule has 3 rings (SSSR count). The standard InChI is InChI=1S/C16H19F3N2O/c1-15(2,3)13-12-8-5-4-6-9(16(17,18)19)11(8)14(22)21-10(12)7-20-13/h4-6,10,12-13,20H,7H2,1-3H3,(H,21,22). The molecule has 3 unspecified atom stereocenters. The maximum Gasteiger partial charge on any atom is 0.417 e. The summed E-state index contributed by atoms with van der Waals surface area (Å²) in [7, 11) is 0. The van der Waals surface area contributed by atoms with Crippen LogP contribution in [0, 0.1) is 5.41 Å². The number of hydrogen-bond donors (Lipinski definition) is 2. The van der Waals surface area contributed by atoms with E-state index in [0.717, 1.165) is 6.07 Å². The van der Waals surface area contributed by atoms with Crippen LogP contribution >= 0.6 is 0 Å². The van der Waals surface area contributed by atoms with Gasteiger partial charge in [-0.2, -0.15) is 13.2 Å². The number of halogens is 3. The first kappa shape index (κ1) is 15.3. The van der Waals surface area contributed by atoms with Crippen LogP contribution in [0.5, 0.6) is 0 Å². The summed E-state index contributed by atoms with van der Waals surface area (Å²) in [6, 6.07) is 3.89. The first-order valence-electron chi connectivity index (χ1n) is 7.35. The quantitative estimate of drug-likeness (QED) is 0.773. The van der Waals surface area contributed by atoms with Crippen molar-refractivity contribution in [2.75, 3.05) is 6.54 Å². The Balaban J connectivity index is 2.17. The molecule has 1 fully saturated rings. The number of amides is 1. The predicted molar refractivity (Wildman–Crippen MR) is 76.7 cm³/mol. The molecule has 2 aliphatic rings. The van der Waals surface area contributed by atoms with Gasteiger partial charge in [-0.3, -0.25) is 4.79 Å². The van der Waals surface area contributed by atoms with Gasteiger partial charge in [0, 0.05) is 24.5 Å². The summed E-state index contributed by atoms with van der Waals surface area (Å²) >= 11 is 0. The highest BCUT2D eigenvalue weighted by molar-refractivity contribution is 5.99. The molecular formula is C16H19F3N2O. The molecule has 2 aliphatic heterocycles. The molecule has 1 saturated heterocycles. The number of carbonyl (C=O) groups is 1. The molecule has 3 nitrogen and oxygen atoms in total. The second-order valence-corrected chi connectivity index (χ2v) is 7.13. The molecule has 1 aromatic rings. The Hall–Kier alpha value is -1.56. The molecule has 0 aromatic heterocycles. The summed E-state index contributed by atoms with van der Waals surface area (Å²) in [6.07, 6.45) is -4.53. The number of fused-ring (bicyclic) bond motifs is 3. The third-order valence-electron chi connectivity index (χ3n) is 4.59. The fraction of sp³-hybridized carbons (Fsp3) is 0.562. The maximum absolute atomic E-state index is 13.2. The maximum atomic E-state index is 13.2. The number of carbonyl (C=O) groups excluding carboxylic acids is 1. The van der Waals surface area contributed by atoms with Crippen molar-refractivity contribution in [3.8, 4) is 0 Å². The molecule has 2 N–H and O–H groups in total. The van der Waals surface area contributed by atoms with Crippen molar-refractivity contribution >= 4 is 5.91 Å². The van der Waals surface area contributed by atoms with Crippen molar-refractivity contribution in [1.29, 1.82) is 0 Å². The number of rotatable bonds is 0. The molecule has 0 aliphatic carbocycles. The van der Waals surface area contributed by atoms with Gasteiger partial charge in [0.15, 0.2) is 0 Å². The van der Waals surface area contributed by atoms with E-state index in [0.29, 0.717) is 12.1 Å². The van der Waals surface area contributed by atoms with Crippen LogP contribution in [0.25, 0.3) is 0 Å². The molecule has 2 heterocycles. The lowest BCUT2D eigenvalue weighted by Crippen LogP contribution is -2.47. The normalized spacial score (nSPS) is 28.1. The molecule has 0 radical (unpaired) electrons. The van der Waals surface area contributed by atoms with E-state index in [4.69, 9.17) is 0 Å². The predicted octanol–water partition coefficient (Wildman–Crippen LogP) is 2.92. The summed E-state index contributed by atoms with van der Waals surface area (Å²) in [5, 5.41) is 6.11. The highest BCUT2D eigenvalue weighted by atomic mass is 19.4. The van der Waals surface area contributed by atoms with E-state index in [9.17, 15) is 18.0 Å². The van der Waals surface area contributed by atoms with Crippen molar-refractivity contribution in [2.24, 2.45) is 5.41 Å². The Morgan fingerprint density at radius 1 is 1.18 bits per heavy atom. The fourth-order valence-corrected chi connectivity index (χ4v) is 3.70. The zero-order valence-electron chi connectivity index (χ0n) is 12.7. The van der Waals surface area contributed by atoms with Gasteiger partial charge in [-0.05, 0) is 17.0 Å². The number of benzene rings is 1. The highest BCUT2D eigenvalue weighted by Gasteiger charge is 2.49. The van der Waals surface area contributed by atoms with E-state index in [1.165, 1.54) is 6.07 Å². The van der Waals surface area contributed by atoms with Gasteiger partial charge in [0.25, 0.3) is 5.91 Å². The molecule has 0 spiro atoms. The molecule has 0 bridgehead atoms. The van der Waals surface area contributed by atoms with Crippen molar-refractivity contribution in [1.82, 2.24) is 10.6 Å². The third kappa shape index (κ3) is 2.29. The summed E-state index contributed by atoms with van der Waals surface area (Å²) in [5.74, 6) is -0.768. The zero-order chi connectivity index (χ0) is 16.3.